The van der Waals surface area contributed by atoms with Crippen molar-refractivity contribution in [2.24, 2.45) is 5.73 Å². The van der Waals surface area contributed by atoms with Crippen LogP contribution in [0.2, 0.25) is 5.02 Å². The number of carbonyl (C=O) groups excluding carboxylic acids is 1. The lowest BCUT2D eigenvalue weighted by Crippen LogP contribution is -2.35. The number of aromatic nitrogens is 1. The molecule has 1 fully saturated rings. The van der Waals surface area contributed by atoms with Gasteiger partial charge >= 0.3 is 0 Å². The number of primary amides is 1. The van der Waals surface area contributed by atoms with E-state index in [0.717, 1.165) is 49.0 Å². The summed E-state index contributed by atoms with van der Waals surface area (Å²) in [5.74, 6) is 0.205. The summed E-state index contributed by atoms with van der Waals surface area (Å²) >= 11 is 7.44. The number of thiophene rings is 1. The lowest BCUT2D eigenvalue weighted by molar-refractivity contribution is 0.0337. The van der Waals surface area contributed by atoms with Crippen LogP contribution in [-0.2, 0) is 11.3 Å². The molecule has 1 aliphatic heterocycles. The lowest BCUT2D eigenvalue weighted by atomic mass is 10.1. The molecule has 150 valence electrons. The first-order chi connectivity index (χ1) is 14.1. The maximum atomic E-state index is 12.0. The van der Waals surface area contributed by atoms with Crippen molar-refractivity contribution in [3.05, 3.63) is 64.8 Å². The van der Waals surface area contributed by atoms with E-state index >= 15 is 0 Å². The van der Waals surface area contributed by atoms with Crippen molar-refractivity contribution in [1.82, 2.24) is 9.88 Å². The van der Waals surface area contributed by atoms with E-state index in [1.807, 2.05) is 42.5 Å². The van der Waals surface area contributed by atoms with E-state index < -0.39 is 5.91 Å². The summed E-state index contributed by atoms with van der Waals surface area (Å²) in [5.41, 5.74) is 7.99. The van der Waals surface area contributed by atoms with Gasteiger partial charge in [0.15, 0.2) is 0 Å². The molecule has 6 nitrogen and oxygen atoms in total. The molecule has 0 spiro atoms. The molecule has 1 aromatic carbocycles. The Bertz CT molecular complexity index is 1000. The Balaban J connectivity index is 1.56. The third-order valence-electron chi connectivity index (χ3n) is 4.66. The van der Waals surface area contributed by atoms with Crippen LogP contribution in [0.1, 0.15) is 16.1 Å². The molecular formula is C21H21ClN4O2S. The SMILES string of the molecule is NC(=O)c1cc(-c2ccc(Cl)cc2)sc1Nc1cccc(CN2CCOCC2)n1. The fraction of sp³-hybridized carbons (Fsp3) is 0.238. The Morgan fingerprint density at radius 1 is 1.21 bits per heavy atom. The highest BCUT2D eigenvalue weighted by Crippen LogP contribution is 2.37. The van der Waals surface area contributed by atoms with Crippen LogP contribution >= 0.6 is 22.9 Å². The number of halogens is 1. The van der Waals surface area contributed by atoms with Crippen molar-refractivity contribution in [3.63, 3.8) is 0 Å². The highest BCUT2D eigenvalue weighted by molar-refractivity contribution is 7.19. The second-order valence-corrected chi connectivity index (χ2v) is 8.24. The number of anilines is 2. The Kier molecular flexibility index (Phi) is 6.10. The Morgan fingerprint density at radius 3 is 2.69 bits per heavy atom. The summed E-state index contributed by atoms with van der Waals surface area (Å²) in [5, 5.41) is 4.62. The molecule has 1 amide bonds. The van der Waals surface area contributed by atoms with Gasteiger partial charge in [0.2, 0.25) is 0 Å². The number of nitrogens with one attached hydrogen (secondary N) is 1. The highest BCUT2D eigenvalue weighted by atomic mass is 35.5. The van der Waals surface area contributed by atoms with E-state index in [2.05, 4.69) is 10.2 Å². The molecule has 0 atom stereocenters. The van der Waals surface area contributed by atoms with E-state index in [1.165, 1.54) is 11.3 Å². The van der Waals surface area contributed by atoms with Crippen LogP contribution in [0.15, 0.2) is 48.5 Å². The molecule has 0 radical (unpaired) electrons. The minimum atomic E-state index is -0.478. The fourth-order valence-electron chi connectivity index (χ4n) is 3.17. The number of hydrogen-bond donors (Lipinski definition) is 2. The number of amides is 1. The molecule has 0 bridgehead atoms. The summed E-state index contributed by atoms with van der Waals surface area (Å²) in [7, 11) is 0. The number of pyridine rings is 1. The topological polar surface area (TPSA) is 80.5 Å². The zero-order valence-electron chi connectivity index (χ0n) is 15.7. The van der Waals surface area contributed by atoms with E-state index in [1.54, 1.807) is 6.07 Å². The molecule has 0 saturated carbocycles. The van der Waals surface area contributed by atoms with Crippen LogP contribution in [0.25, 0.3) is 10.4 Å². The van der Waals surface area contributed by atoms with Crippen LogP contribution < -0.4 is 11.1 Å². The van der Waals surface area contributed by atoms with Crippen molar-refractivity contribution in [1.29, 1.82) is 0 Å². The Hall–Kier alpha value is -2.45. The first kappa shape index (κ1) is 19.8. The van der Waals surface area contributed by atoms with Crippen LogP contribution in [0.5, 0.6) is 0 Å². The van der Waals surface area contributed by atoms with Gasteiger partial charge in [-0.05, 0) is 35.9 Å². The third-order valence-corrected chi connectivity index (χ3v) is 6.02. The second kappa shape index (κ2) is 8.92. The predicted octanol–water partition coefficient (Wildman–Crippen LogP) is 4.14. The van der Waals surface area contributed by atoms with Gasteiger partial charge < -0.3 is 15.8 Å². The molecule has 1 aliphatic rings. The largest absolute Gasteiger partial charge is 0.379 e. The number of nitrogens with two attached hydrogens (primary N) is 1. The zero-order valence-corrected chi connectivity index (χ0v) is 17.3. The molecule has 0 aliphatic carbocycles. The summed E-state index contributed by atoms with van der Waals surface area (Å²) in [4.78, 5) is 19.9. The first-order valence-corrected chi connectivity index (χ1v) is 10.5. The minimum absolute atomic E-state index is 0.445. The van der Waals surface area contributed by atoms with Crippen LogP contribution in [0, 0.1) is 0 Å². The monoisotopic (exact) mass is 428 g/mol. The van der Waals surface area contributed by atoms with E-state index in [9.17, 15) is 4.79 Å². The average molecular weight is 429 g/mol. The molecule has 3 aromatic rings. The second-order valence-electron chi connectivity index (χ2n) is 6.75. The van der Waals surface area contributed by atoms with E-state index in [0.29, 0.717) is 21.4 Å². The van der Waals surface area contributed by atoms with Gasteiger partial charge in [0.1, 0.15) is 10.8 Å². The highest BCUT2D eigenvalue weighted by Gasteiger charge is 2.16. The van der Waals surface area contributed by atoms with Gasteiger partial charge in [0.25, 0.3) is 5.91 Å². The quantitative estimate of drug-likeness (QED) is 0.616. The normalized spacial score (nSPS) is 14.7. The Morgan fingerprint density at radius 2 is 1.97 bits per heavy atom. The first-order valence-electron chi connectivity index (χ1n) is 9.31. The van der Waals surface area contributed by atoms with Gasteiger partial charge in [0.05, 0.1) is 24.5 Å². The van der Waals surface area contributed by atoms with Crippen LogP contribution in [0.3, 0.4) is 0 Å². The zero-order chi connectivity index (χ0) is 20.2. The fourth-order valence-corrected chi connectivity index (χ4v) is 4.37. The van der Waals surface area contributed by atoms with E-state index in [-0.39, 0.29) is 0 Å². The number of morpholine rings is 1. The van der Waals surface area contributed by atoms with Gasteiger partial charge in [-0.15, -0.1) is 11.3 Å². The van der Waals surface area contributed by atoms with Crippen molar-refractivity contribution in [3.8, 4) is 10.4 Å². The smallest absolute Gasteiger partial charge is 0.251 e. The number of carbonyl (C=O) groups is 1. The van der Waals surface area contributed by atoms with Gasteiger partial charge in [0, 0.05) is 29.5 Å². The standard InChI is InChI=1S/C21H21ClN4O2S/c22-15-6-4-14(5-7-15)18-12-17(20(23)27)21(29-18)25-19-3-1-2-16(24-19)13-26-8-10-28-11-9-26/h1-7,12H,8-11,13H2,(H2,23,27)(H,24,25). The van der Waals surface area contributed by atoms with Crippen molar-refractivity contribution >= 4 is 39.7 Å². The molecule has 4 rings (SSSR count). The van der Waals surface area contributed by atoms with Gasteiger partial charge in [-0.1, -0.05) is 29.8 Å². The summed E-state index contributed by atoms with van der Waals surface area (Å²) in [6.07, 6.45) is 0. The van der Waals surface area contributed by atoms with Crippen molar-refractivity contribution < 1.29 is 9.53 Å². The maximum Gasteiger partial charge on any atom is 0.251 e. The predicted molar refractivity (Wildman–Crippen MR) is 117 cm³/mol. The Labute approximate surface area is 178 Å². The molecule has 3 N–H and O–H groups in total. The van der Waals surface area contributed by atoms with Crippen molar-refractivity contribution in [2.75, 3.05) is 31.6 Å². The van der Waals surface area contributed by atoms with Crippen LogP contribution in [-0.4, -0.2) is 42.1 Å². The minimum Gasteiger partial charge on any atom is -0.379 e. The molecule has 0 unspecified atom stereocenters. The number of ether oxygens (including phenoxy) is 1. The van der Waals surface area contributed by atoms with Gasteiger partial charge in [-0.2, -0.15) is 0 Å². The lowest BCUT2D eigenvalue weighted by Gasteiger charge is -2.26. The molecule has 3 heterocycles. The molecule has 1 saturated heterocycles. The van der Waals surface area contributed by atoms with Gasteiger partial charge in [-0.3, -0.25) is 9.69 Å². The van der Waals surface area contributed by atoms with Crippen molar-refractivity contribution in [2.45, 2.75) is 6.54 Å². The molecular weight excluding hydrogens is 408 g/mol. The molecule has 8 heteroatoms. The number of nitrogens with zero attached hydrogens (tertiary/aromatic N) is 2. The number of rotatable bonds is 6. The number of hydrogen-bond acceptors (Lipinski definition) is 6. The summed E-state index contributed by atoms with van der Waals surface area (Å²) in [6, 6.07) is 15.1. The maximum absolute atomic E-state index is 12.0. The summed E-state index contributed by atoms with van der Waals surface area (Å²) < 4.78 is 5.40. The third kappa shape index (κ3) is 4.94. The average Bonchev–Trinajstić information content (AvgIpc) is 3.14. The van der Waals surface area contributed by atoms with E-state index in [4.69, 9.17) is 27.1 Å². The number of benzene rings is 1. The summed E-state index contributed by atoms with van der Waals surface area (Å²) in [6.45, 7) is 4.08. The van der Waals surface area contributed by atoms with Crippen LogP contribution in [0.4, 0.5) is 10.8 Å². The molecule has 2 aromatic heterocycles. The molecule has 29 heavy (non-hydrogen) atoms. The van der Waals surface area contributed by atoms with Gasteiger partial charge in [-0.25, -0.2) is 4.98 Å².